The van der Waals surface area contributed by atoms with Crippen LogP contribution in [0.3, 0.4) is 0 Å². The first-order valence-electron chi connectivity index (χ1n) is 8.94. The maximum absolute atomic E-state index is 13.0. The second kappa shape index (κ2) is 8.39. The first-order valence-corrected chi connectivity index (χ1v) is 9.72. The summed E-state index contributed by atoms with van der Waals surface area (Å²) in [6.07, 6.45) is 0. The molecule has 0 atom stereocenters. The van der Waals surface area contributed by atoms with Gasteiger partial charge in [0.15, 0.2) is 5.11 Å². The molecular formula is C23H16ClN3OS. The molecule has 142 valence electrons. The zero-order valence-electron chi connectivity index (χ0n) is 15.2. The number of nitrogens with zero attached hydrogens (tertiary/aromatic N) is 1. The van der Waals surface area contributed by atoms with Gasteiger partial charge in [0.25, 0.3) is 5.91 Å². The molecule has 2 N–H and O–H groups in total. The Balaban J connectivity index is 1.66. The zero-order valence-corrected chi connectivity index (χ0v) is 16.8. The van der Waals surface area contributed by atoms with Crippen molar-refractivity contribution in [1.82, 2.24) is 10.3 Å². The van der Waals surface area contributed by atoms with E-state index in [0.717, 1.165) is 22.2 Å². The number of thiocarbonyl (C=S) groups is 1. The number of carbonyl (C=O) groups is 1. The van der Waals surface area contributed by atoms with Gasteiger partial charge in [0.05, 0.1) is 27.5 Å². The summed E-state index contributed by atoms with van der Waals surface area (Å²) in [5.74, 6) is -0.315. The lowest BCUT2D eigenvalue weighted by Gasteiger charge is -2.13. The van der Waals surface area contributed by atoms with Crippen molar-refractivity contribution in [3.05, 3.63) is 95.5 Å². The van der Waals surface area contributed by atoms with Crippen molar-refractivity contribution in [2.45, 2.75) is 0 Å². The molecule has 4 aromatic rings. The van der Waals surface area contributed by atoms with Crippen LogP contribution in [-0.2, 0) is 0 Å². The van der Waals surface area contributed by atoms with Crippen molar-refractivity contribution in [2.24, 2.45) is 0 Å². The van der Waals surface area contributed by atoms with Crippen molar-refractivity contribution in [1.29, 1.82) is 0 Å². The lowest BCUT2D eigenvalue weighted by atomic mass is 10.0. The van der Waals surface area contributed by atoms with Crippen molar-refractivity contribution < 1.29 is 4.79 Å². The SMILES string of the molecule is O=C(NC(=S)Nc1ccccc1Cl)c1cc(-c2ccccc2)nc2ccccc12. The number of benzene rings is 3. The molecule has 3 aromatic carbocycles. The van der Waals surface area contributed by atoms with Crippen LogP contribution in [0.1, 0.15) is 10.4 Å². The summed E-state index contributed by atoms with van der Waals surface area (Å²) >= 11 is 11.4. The van der Waals surface area contributed by atoms with Crippen molar-refractivity contribution in [3.8, 4) is 11.3 Å². The van der Waals surface area contributed by atoms with Crippen LogP contribution < -0.4 is 10.6 Å². The summed E-state index contributed by atoms with van der Waals surface area (Å²) in [4.78, 5) is 17.7. The monoisotopic (exact) mass is 417 g/mol. The Bertz CT molecular complexity index is 1210. The van der Waals surface area contributed by atoms with Gasteiger partial charge in [0, 0.05) is 10.9 Å². The van der Waals surface area contributed by atoms with Crippen LogP contribution in [0.25, 0.3) is 22.2 Å². The van der Waals surface area contributed by atoms with Crippen molar-refractivity contribution >= 4 is 51.4 Å². The van der Waals surface area contributed by atoms with Gasteiger partial charge in [0.1, 0.15) is 0 Å². The molecule has 0 unspecified atom stereocenters. The van der Waals surface area contributed by atoms with Crippen molar-refractivity contribution in [2.75, 3.05) is 5.32 Å². The maximum Gasteiger partial charge on any atom is 0.258 e. The Morgan fingerprint density at radius 2 is 1.59 bits per heavy atom. The molecule has 1 aromatic heterocycles. The Morgan fingerprint density at radius 3 is 2.38 bits per heavy atom. The van der Waals surface area contributed by atoms with Crippen LogP contribution in [0.2, 0.25) is 5.02 Å². The molecule has 0 saturated carbocycles. The molecule has 4 rings (SSSR count). The number of aromatic nitrogens is 1. The van der Waals surface area contributed by atoms with Gasteiger partial charge in [-0.2, -0.15) is 0 Å². The number of amides is 1. The van der Waals surface area contributed by atoms with E-state index in [1.165, 1.54) is 0 Å². The third kappa shape index (κ3) is 4.26. The molecule has 1 heterocycles. The highest BCUT2D eigenvalue weighted by molar-refractivity contribution is 7.80. The molecule has 0 aliphatic carbocycles. The molecule has 0 aliphatic rings. The summed E-state index contributed by atoms with van der Waals surface area (Å²) in [5, 5.41) is 7.14. The predicted octanol–water partition coefficient (Wildman–Crippen LogP) is 5.68. The van der Waals surface area contributed by atoms with Gasteiger partial charge in [-0.3, -0.25) is 10.1 Å². The van der Waals surface area contributed by atoms with Crippen LogP contribution in [-0.4, -0.2) is 16.0 Å². The molecule has 29 heavy (non-hydrogen) atoms. The molecule has 0 spiro atoms. The van der Waals surface area contributed by atoms with E-state index in [2.05, 4.69) is 10.6 Å². The number of rotatable bonds is 3. The van der Waals surface area contributed by atoms with E-state index >= 15 is 0 Å². The van der Waals surface area contributed by atoms with E-state index in [9.17, 15) is 4.79 Å². The van der Waals surface area contributed by atoms with Gasteiger partial charge in [-0.05, 0) is 36.5 Å². The average Bonchev–Trinajstić information content (AvgIpc) is 2.75. The third-order valence-corrected chi connectivity index (χ3v) is 4.91. The first kappa shape index (κ1) is 19.1. The Hall–Kier alpha value is -3.28. The molecule has 0 saturated heterocycles. The number of fused-ring (bicyclic) bond motifs is 1. The topological polar surface area (TPSA) is 54.0 Å². The quantitative estimate of drug-likeness (QED) is 0.421. The lowest BCUT2D eigenvalue weighted by Crippen LogP contribution is -2.34. The molecule has 4 nitrogen and oxygen atoms in total. The summed E-state index contributed by atoms with van der Waals surface area (Å²) in [7, 11) is 0. The van der Waals surface area contributed by atoms with Gasteiger partial charge in [-0.1, -0.05) is 72.3 Å². The van der Waals surface area contributed by atoms with E-state index in [4.69, 9.17) is 28.8 Å². The fourth-order valence-electron chi connectivity index (χ4n) is 3.01. The number of para-hydroxylation sites is 2. The number of nitrogens with one attached hydrogen (secondary N) is 2. The Kier molecular flexibility index (Phi) is 5.51. The molecular weight excluding hydrogens is 402 g/mol. The molecule has 0 aliphatic heterocycles. The van der Waals surface area contributed by atoms with Crippen molar-refractivity contribution in [3.63, 3.8) is 0 Å². The first-order chi connectivity index (χ1) is 14.1. The Morgan fingerprint density at radius 1 is 0.897 bits per heavy atom. The van der Waals surface area contributed by atoms with Crippen LogP contribution in [0.5, 0.6) is 0 Å². The van der Waals surface area contributed by atoms with Crippen LogP contribution >= 0.6 is 23.8 Å². The minimum absolute atomic E-state index is 0.172. The second-order valence-corrected chi connectivity index (χ2v) is 7.14. The molecule has 6 heteroatoms. The smallest absolute Gasteiger partial charge is 0.258 e. The fourth-order valence-corrected chi connectivity index (χ4v) is 3.39. The highest BCUT2D eigenvalue weighted by Gasteiger charge is 2.15. The largest absolute Gasteiger partial charge is 0.331 e. The molecule has 0 radical (unpaired) electrons. The van der Waals surface area contributed by atoms with Crippen LogP contribution in [0.4, 0.5) is 5.69 Å². The molecule has 0 fully saturated rings. The van der Waals surface area contributed by atoms with Gasteiger partial charge < -0.3 is 5.32 Å². The Labute approximate surface area is 178 Å². The van der Waals surface area contributed by atoms with Crippen LogP contribution in [0.15, 0.2) is 84.9 Å². The lowest BCUT2D eigenvalue weighted by molar-refractivity contribution is 0.0979. The van der Waals surface area contributed by atoms with E-state index < -0.39 is 0 Å². The van der Waals surface area contributed by atoms with E-state index in [-0.39, 0.29) is 11.0 Å². The standard InChI is InChI=1S/C23H16ClN3OS/c24-18-11-5-7-13-20(18)26-23(29)27-22(28)17-14-21(15-8-2-1-3-9-15)25-19-12-6-4-10-16(17)19/h1-14H,(H2,26,27,28,29). The van der Waals surface area contributed by atoms with Gasteiger partial charge in [-0.15, -0.1) is 0 Å². The van der Waals surface area contributed by atoms with E-state index in [1.54, 1.807) is 18.2 Å². The van der Waals surface area contributed by atoms with Gasteiger partial charge in [-0.25, -0.2) is 4.98 Å². The number of halogens is 1. The minimum atomic E-state index is -0.315. The summed E-state index contributed by atoms with van der Waals surface area (Å²) < 4.78 is 0. The number of pyridine rings is 1. The third-order valence-electron chi connectivity index (χ3n) is 4.38. The molecule has 0 bridgehead atoms. The summed E-state index contributed by atoms with van der Waals surface area (Å²) in [6.45, 7) is 0. The number of hydrogen-bond acceptors (Lipinski definition) is 3. The number of anilines is 1. The minimum Gasteiger partial charge on any atom is -0.331 e. The normalized spacial score (nSPS) is 10.5. The number of carbonyl (C=O) groups excluding carboxylic acids is 1. The molecule has 1 amide bonds. The summed E-state index contributed by atoms with van der Waals surface area (Å²) in [5.41, 5.74) is 3.52. The highest BCUT2D eigenvalue weighted by atomic mass is 35.5. The summed E-state index contributed by atoms with van der Waals surface area (Å²) in [6, 6.07) is 26.3. The fraction of sp³-hybridized carbons (Fsp3) is 0. The van der Waals surface area contributed by atoms with E-state index in [0.29, 0.717) is 16.3 Å². The zero-order chi connectivity index (χ0) is 20.2. The number of hydrogen-bond donors (Lipinski definition) is 2. The van der Waals surface area contributed by atoms with Gasteiger partial charge in [0.2, 0.25) is 0 Å². The highest BCUT2D eigenvalue weighted by Crippen LogP contribution is 2.25. The van der Waals surface area contributed by atoms with Crippen LogP contribution in [0, 0.1) is 0 Å². The van der Waals surface area contributed by atoms with E-state index in [1.807, 2.05) is 66.7 Å². The predicted molar refractivity (Wildman–Crippen MR) is 122 cm³/mol. The second-order valence-electron chi connectivity index (χ2n) is 6.33. The van der Waals surface area contributed by atoms with Gasteiger partial charge >= 0.3 is 0 Å². The average molecular weight is 418 g/mol. The maximum atomic E-state index is 13.0.